The van der Waals surface area contributed by atoms with Crippen LogP contribution in [-0.2, 0) is 10.8 Å². The van der Waals surface area contributed by atoms with E-state index in [-0.39, 0.29) is 16.6 Å². The summed E-state index contributed by atoms with van der Waals surface area (Å²) in [5, 5.41) is 0. The second-order valence-corrected chi connectivity index (χ2v) is 12.2. The molecule has 2 aliphatic heterocycles. The molecule has 204 valence electrons. The molecule has 0 fully saturated rings. The predicted molar refractivity (Wildman–Crippen MR) is 150 cm³/mol. The number of ether oxygens (including phenoxy) is 4. The van der Waals surface area contributed by atoms with Gasteiger partial charge in [0.2, 0.25) is 0 Å². The van der Waals surface area contributed by atoms with Crippen molar-refractivity contribution in [1.82, 2.24) is 0 Å². The van der Waals surface area contributed by atoms with Crippen molar-refractivity contribution in [3.8, 4) is 23.0 Å². The van der Waals surface area contributed by atoms with Crippen molar-refractivity contribution in [2.75, 3.05) is 7.11 Å². The lowest BCUT2D eigenvalue weighted by atomic mass is 9.69. The van der Waals surface area contributed by atoms with Crippen molar-refractivity contribution in [2.45, 2.75) is 77.9 Å². The van der Waals surface area contributed by atoms with Crippen LogP contribution in [0.3, 0.4) is 0 Å². The van der Waals surface area contributed by atoms with E-state index in [4.69, 9.17) is 18.9 Å². The molecular weight excluding hydrogens is 492 g/mol. The molecule has 3 aromatic rings. The van der Waals surface area contributed by atoms with Crippen LogP contribution >= 0.6 is 0 Å². The maximum absolute atomic E-state index is 12.9. The molecule has 0 amide bonds. The fraction of sp³-hybridized carbons (Fsp3) is 0.394. The van der Waals surface area contributed by atoms with Crippen molar-refractivity contribution in [2.24, 2.45) is 0 Å². The van der Waals surface area contributed by atoms with Gasteiger partial charge in [0.05, 0.1) is 12.7 Å². The SMILES string of the molecule is COc1cc2c(cc1C)OC1(CC2(C)C)CC(C)(C)c2cc(OC(=O)c3ccc(C(C)=O)cc3)c(C)cc2O1. The zero-order valence-corrected chi connectivity index (χ0v) is 24.0. The second kappa shape index (κ2) is 9.15. The molecule has 1 atom stereocenters. The standard InChI is InChI=1S/C33H36O6/c1-19-13-28-24(15-26(19)36-8)31(4,5)17-33(38-28)18-32(6,7)25-16-27(20(2)14-29(25)39-33)37-30(35)23-11-9-22(10-12-23)21(3)34/h9-16H,17-18H2,1-8H3. The maximum Gasteiger partial charge on any atom is 0.343 e. The molecule has 2 aliphatic rings. The van der Waals surface area contributed by atoms with E-state index in [0.29, 0.717) is 29.7 Å². The molecule has 1 unspecified atom stereocenters. The number of Topliss-reactive ketones (excluding diaryl/α,β-unsaturated/α-hetero) is 1. The van der Waals surface area contributed by atoms with E-state index in [9.17, 15) is 9.59 Å². The Morgan fingerprint density at radius 2 is 1.21 bits per heavy atom. The van der Waals surface area contributed by atoms with Gasteiger partial charge in [-0.05, 0) is 68.3 Å². The van der Waals surface area contributed by atoms with Crippen LogP contribution in [0, 0.1) is 13.8 Å². The molecule has 39 heavy (non-hydrogen) atoms. The summed E-state index contributed by atoms with van der Waals surface area (Å²) in [7, 11) is 1.69. The van der Waals surface area contributed by atoms with E-state index < -0.39 is 11.8 Å². The quantitative estimate of drug-likeness (QED) is 0.202. The molecule has 1 spiro atoms. The van der Waals surface area contributed by atoms with E-state index in [1.807, 2.05) is 32.0 Å². The van der Waals surface area contributed by atoms with Crippen LogP contribution in [0.2, 0.25) is 0 Å². The van der Waals surface area contributed by atoms with Crippen LogP contribution in [0.4, 0.5) is 0 Å². The third-order valence-corrected chi connectivity index (χ3v) is 7.98. The van der Waals surface area contributed by atoms with Crippen LogP contribution in [0.25, 0.3) is 0 Å². The number of methoxy groups -OCH3 is 1. The lowest BCUT2D eigenvalue weighted by Crippen LogP contribution is -2.55. The molecule has 6 nitrogen and oxygen atoms in total. The molecule has 0 bridgehead atoms. The Hall–Kier alpha value is -3.80. The van der Waals surface area contributed by atoms with Gasteiger partial charge in [-0.3, -0.25) is 4.79 Å². The van der Waals surface area contributed by atoms with Crippen molar-refractivity contribution < 1.29 is 28.5 Å². The van der Waals surface area contributed by atoms with Gasteiger partial charge in [-0.25, -0.2) is 4.79 Å². The molecule has 0 aromatic heterocycles. The Kier molecular flexibility index (Phi) is 6.28. The van der Waals surface area contributed by atoms with Gasteiger partial charge in [0, 0.05) is 40.4 Å². The molecule has 0 saturated carbocycles. The summed E-state index contributed by atoms with van der Waals surface area (Å²) in [4.78, 5) is 24.5. The molecule has 0 saturated heterocycles. The van der Waals surface area contributed by atoms with Gasteiger partial charge in [0.1, 0.15) is 23.0 Å². The number of carbonyl (C=O) groups excluding carboxylic acids is 2. The topological polar surface area (TPSA) is 71.1 Å². The largest absolute Gasteiger partial charge is 0.496 e. The molecule has 0 radical (unpaired) electrons. The number of ketones is 1. The number of hydrogen-bond donors (Lipinski definition) is 0. The molecule has 5 rings (SSSR count). The van der Waals surface area contributed by atoms with E-state index >= 15 is 0 Å². The van der Waals surface area contributed by atoms with Crippen LogP contribution in [-0.4, -0.2) is 24.6 Å². The summed E-state index contributed by atoms with van der Waals surface area (Å²) < 4.78 is 24.8. The Labute approximate surface area is 230 Å². The van der Waals surface area contributed by atoms with Gasteiger partial charge in [-0.15, -0.1) is 0 Å². The predicted octanol–water partition coefficient (Wildman–Crippen LogP) is 7.25. The Balaban J connectivity index is 1.46. The highest BCUT2D eigenvalue weighted by molar-refractivity contribution is 5.96. The number of hydrogen-bond acceptors (Lipinski definition) is 6. The summed E-state index contributed by atoms with van der Waals surface area (Å²) in [6, 6.07) is 14.5. The first-order chi connectivity index (χ1) is 18.2. The lowest BCUT2D eigenvalue weighted by Gasteiger charge is -2.51. The third kappa shape index (κ3) is 4.77. The zero-order valence-electron chi connectivity index (χ0n) is 24.0. The minimum atomic E-state index is -0.836. The summed E-state index contributed by atoms with van der Waals surface area (Å²) in [6.45, 7) is 14.2. The smallest absolute Gasteiger partial charge is 0.343 e. The normalized spacial score (nSPS) is 20.2. The second-order valence-electron chi connectivity index (χ2n) is 12.2. The highest BCUT2D eigenvalue weighted by Gasteiger charge is 2.53. The number of fused-ring (bicyclic) bond motifs is 2. The van der Waals surface area contributed by atoms with Crippen LogP contribution in [0.5, 0.6) is 23.0 Å². The van der Waals surface area contributed by atoms with E-state index in [1.165, 1.54) is 6.92 Å². The van der Waals surface area contributed by atoms with Crippen molar-refractivity contribution in [1.29, 1.82) is 0 Å². The average molecular weight is 529 g/mol. The van der Waals surface area contributed by atoms with Crippen molar-refractivity contribution in [3.05, 3.63) is 81.9 Å². The highest BCUT2D eigenvalue weighted by atomic mass is 16.7. The van der Waals surface area contributed by atoms with Crippen molar-refractivity contribution in [3.63, 3.8) is 0 Å². The van der Waals surface area contributed by atoms with Gasteiger partial charge >= 0.3 is 5.97 Å². The monoisotopic (exact) mass is 528 g/mol. The van der Waals surface area contributed by atoms with E-state index in [1.54, 1.807) is 31.4 Å². The van der Waals surface area contributed by atoms with Gasteiger partial charge in [-0.2, -0.15) is 0 Å². The average Bonchev–Trinajstić information content (AvgIpc) is 2.83. The van der Waals surface area contributed by atoms with Crippen LogP contribution in [0.15, 0.2) is 48.5 Å². The zero-order chi connectivity index (χ0) is 28.3. The van der Waals surface area contributed by atoms with Crippen molar-refractivity contribution >= 4 is 11.8 Å². The van der Waals surface area contributed by atoms with E-state index in [2.05, 4.69) is 33.8 Å². The first-order valence-electron chi connectivity index (χ1n) is 13.3. The summed E-state index contributed by atoms with van der Waals surface area (Å²) in [5.41, 5.74) is 4.28. The van der Waals surface area contributed by atoms with Crippen LogP contribution in [0.1, 0.15) is 90.4 Å². The molecular formula is C33H36O6. The third-order valence-electron chi connectivity index (χ3n) is 7.98. The number of benzene rings is 3. The fourth-order valence-electron chi connectivity index (χ4n) is 6.05. The first-order valence-corrected chi connectivity index (χ1v) is 13.3. The van der Waals surface area contributed by atoms with Gasteiger partial charge in [0.15, 0.2) is 5.78 Å². The molecule has 3 aromatic carbocycles. The summed E-state index contributed by atoms with van der Waals surface area (Å²) >= 11 is 0. The Bertz CT molecular complexity index is 1480. The highest BCUT2D eigenvalue weighted by Crippen LogP contribution is 2.55. The molecule has 0 N–H and O–H groups in total. The summed E-state index contributed by atoms with van der Waals surface area (Å²) in [5.74, 6) is 1.53. The Morgan fingerprint density at radius 3 is 1.69 bits per heavy atom. The number of aryl methyl sites for hydroxylation is 2. The number of carbonyl (C=O) groups is 2. The first kappa shape index (κ1) is 26.8. The number of rotatable bonds is 4. The fourth-order valence-corrected chi connectivity index (χ4v) is 6.05. The van der Waals surface area contributed by atoms with Gasteiger partial charge in [0.25, 0.3) is 5.79 Å². The molecule has 0 aliphatic carbocycles. The maximum atomic E-state index is 12.9. The minimum absolute atomic E-state index is 0.0517. The molecule has 6 heteroatoms. The minimum Gasteiger partial charge on any atom is -0.496 e. The lowest BCUT2D eigenvalue weighted by molar-refractivity contribution is -0.166. The van der Waals surface area contributed by atoms with Gasteiger partial charge < -0.3 is 18.9 Å². The van der Waals surface area contributed by atoms with Crippen LogP contribution < -0.4 is 18.9 Å². The van der Waals surface area contributed by atoms with E-state index in [0.717, 1.165) is 39.5 Å². The Morgan fingerprint density at radius 1 is 0.744 bits per heavy atom. The molecule has 2 heterocycles. The van der Waals surface area contributed by atoms with Gasteiger partial charge in [-0.1, -0.05) is 39.8 Å². The summed E-state index contributed by atoms with van der Waals surface area (Å²) in [6.07, 6.45) is 1.30. The number of esters is 1.